The molecule has 4 rings (SSSR count). The molecule has 2 fully saturated rings. The molecule has 0 saturated carbocycles. The third-order valence-electron chi connectivity index (χ3n) is 6.54. The number of nitrogens with zero attached hydrogens (tertiary/aromatic N) is 2. The van der Waals surface area contributed by atoms with E-state index in [1.54, 1.807) is 4.90 Å². The maximum atomic E-state index is 12.9. The van der Waals surface area contributed by atoms with E-state index < -0.39 is 24.0 Å². The monoisotopic (exact) mass is 571 g/mol. The fraction of sp³-hybridized carbons (Fsp3) is 0.393. The number of alkyl carbamates (subject to hydrolysis) is 1. The molecule has 4 amide bonds. The molecule has 2 aromatic carbocycles. The van der Waals surface area contributed by atoms with Crippen LogP contribution in [-0.4, -0.2) is 60.5 Å². The number of likely N-dealkylation sites (tertiary alicyclic amines) is 1. The molecule has 2 saturated heterocycles. The van der Waals surface area contributed by atoms with Crippen molar-refractivity contribution in [1.82, 2.24) is 20.9 Å². The summed E-state index contributed by atoms with van der Waals surface area (Å²) in [6.45, 7) is 1.38. The summed E-state index contributed by atoms with van der Waals surface area (Å²) in [6, 6.07) is 17.9. The lowest BCUT2D eigenvalue weighted by molar-refractivity contribution is -0.134. The van der Waals surface area contributed by atoms with Crippen molar-refractivity contribution in [2.45, 2.75) is 44.9 Å². The molecular formula is C28H34ClN5O6. The third-order valence-corrected chi connectivity index (χ3v) is 6.54. The lowest BCUT2D eigenvalue weighted by atomic mass is 9.97. The minimum absolute atomic E-state index is 0. The number of guanidine groups is 1. The minimum Gasteiger partial charge on any atom is -0.444 e. The molecule has 3 N–H and O–H groups in total. The molecule has 2 aliphatic heterocycles. The van der Waals surface area contributed by atoms with Crippen LogP contribution in [0, 0.1) is 5.92 Å². The van der Waals surface area contributed by atoms with Gasteiger partial charge in [0.05, 0.1) is 12.0 Å². The Morgan fingerprint density at radius 1 is 0.850 bits per heavy atom. The van der Waals surface area contributed by atoms with E-state index in [-0.39, 0.29) is 50.1 Å². The third kappa shape index (κ3) is 9.35. The first-order valence-corrected chi connectivity index (χ1v) is 13.1. The Balaban J connectivity index is 0.00000441. The lowest BCUT2D eigenvalue weighted by Crippen LogP contribution is -2.53. The number of piperidine rings is 1. The lowest BCUT2D eigenvalue weighted by Gasteiger charge is -2.33. The molecule has 40 heavy (non-hydrogen) atoms. The van der Waals surface area contributed by atoms with Crippen LogP contribution in [0.15, 0.2) is 65.7 Å². The topological polar surface area (TPSA) is 138 Å². The number of imide groups is 1. The maximum absolute atomic E-state index is 12.9. The highest BCUT2D eigenvalue weighted by Crippen LogP contribution is 2.18. The molecule has 2 heterocycles. The number of hydrogen-bond donors (Lipinski definition) is 3. The average molecular weight is 572 g/mol. The Morgan fingerprint density at radius 3 is 2.12 bits per heavy atom. The molecule has 2 aromatic rings. The Bertz CT molecular complexity index is 1170. The molecule has 2 aliphatic rings. The Kier molecular flexibility index (Phi) is 11.9. The second-order valence-electron chi connectivity index (χ2n) is 9.45. The van der Waals surface area contributed by atoms with Gasteiger partial charge in [-0.15, -0.1) is 17.4 Å². The summed E-state index contributed by atoms with van der Waals surface area (Å²) in [5.41, 5.74) is 1.58. The van der Waals surface area contributed by atoms with Gasteiger partial charge in [-0.2, -0.15) is 0 Å². The van der Waals surface area contributed by atoms with Crippen LogP contribution in [0.25, 0.3) is 0 Å². The van der Waals surface area contributed by atoms with Gasteiger partial charge in [0.2, 0.25) is 17.8 Å². The highest BCUT2D eigenvalue weighted by atomic mass is 35.5. The van der Waals surface area contributed by atoms with Gasteiger partial charge in [-0.3, -0.25) is 20.2 Å². The number of benzene rings is 2. The number of carbonyl (C=O) groups excluding carboxylic acids is 4. The molecule has 0 spiro atoms. The van der Waals surface area contributed by atoms with Crippen LogP contribution in [0.2, 0.25) is 0 Å². The summed E-state index contributed by atoms with van der Waals surface area (Å²) in [5, 5.41) is 8.11. The van der Waals surface area contributed by atoms with Gasteiger partial charge in [0, 0.05) is 13.1 Å². The molecular weight excluding hydrogens is 538 g/mol. The van der Waals surface area contributed by atoms with Gasteiger partial charge >= 0.3 is 12.2 Å². The number of aliphatic imine (C=N–C) groups is 1. The molecule has 0 aliphatic carbocycles. The second kappa shape index (κ2) is 15.6. The molecule has 2 atom stereocenters. The zero-order valence-electron chi connectivity index (χ0n) is 22.0. The summed E-state index contributed by atoms with van der Waals surface area (Å²) in [5.74, 6) is -1.34. The number of nitrogens with one attached hydrogen (secondary N) is 3. The number of hydrogen-bond acceptors (Lipinski definition) is 7. The van der Waals surface area contributed by atoms with Crippen molar-refractivity contribution in [3.63, 3.8) is 0 Å². The van der Waals surface area contributed by atoms with E-state index >= 15 is 0 Å². The van der Waals surface area contributed by atoms with E-state index in [1.807, 2.05) is 60.7 Å². The van der Waals surface area contributed by atoms with Gasteiger partial charge in [0.1, 0.15) is 13.2 Å². The summed E-state index contributed by atoms with van der Waals surface area (Å²) in [7, 11) is 0. The SMILES string of the molecule is Cl.O=C(N=C(NC(=O)OCc1ccccc1)N1CCCC(C(=O)NC(=O)[C@@H]2CCCN2)C1)OCc1ccccc1. The number of rotatable bonds is 6. The fourth-order valence-electron chi connectivity index (χ4n) is 4.47. The Morgan fingerprint density at radius 2 is 1.50 bits per heavy atom. The number of amides is 4. The molecule has 0 radical (unpaired) electrons. The van der Waals surface area contributed by atoms with Gasteiger partial charge < -0.3 is 19.7 Å². The molecule has 214 valence electrons. The van der Waals surface area contributed by atoms with Gasteiger partial charge in [-0.25, -0.2) is 9.59 Å². The van der Waals surface area contributed by atoms with E-state index in [0.29, 0.717) is 25.8 Å². The smallest absolute Gasteiger partial charge is 0.437 e. The predicted octanol–water partition coefficient (Wildman–Crippen LogP) is 3.13. The van der Waals surface area contributed by atoms with Crippen LogP contribution in [0.4, 0.5) is 9.59 Å². The predicted molar refractivity (Wildman–Crippen MR) is 150 cm³/mol. The van der Waals surface area contributed by atoms with Crippen molar-refractivity contribution in [3.05, 3.63) is 71.8 Å². The summed E-state index contributed by atoms with van der Waals surface area (Å²) >= 11 is 0. The summed E-state index contributed by atoms with van der Waals surface area (Å²) in [4.78, 5) is 56.1. The van der Waals surface area contributed by atoms with E-state index in [4.69, 9.17) is 9.47 Å². The molecule has 11 nitrogen and oxygen atoms in total. The minimum atomic E-state index is -0.897. The first-order valence-electron chi connectivity index (χ1n) is 13.1. The van der Waals surface area contributed by atoms with Crippen molar-refractivity contribution in [1.29, 1.82) is 0 Å². The van der Waals surface area contributed by atoms with Crippen LogP contribution in [0.3, 0.4) is 0 Å². The zero-order chi connectivity index (χ0) is 27.5. The Labute approximate surface area is 239 Å². The average Bonchev–Trinajstić information content (AvgIpc) is 3.51. The van der Waals surface area contributed by atoms with Crippen LogP contribution in [-0.2, 0) is 32.3 Å². The quantitative estimate of drug-likeness (QED) is 0.273. The maximum Gasteiger partial charge on any atom is 0.437 e. The van der Waals surface area contributed by atoms with Gasteiger partial charge in [-0.1, -0.05) is 60.7 Å². The first kappa shape index (κ1) is 30.6. The number of ether oxygens (including phenoxy) is 2. The second-order valence-corrected chi connectivity index (χ2v) is 9.45. The highest BCUT2D eigenvalue weighted by Gasteiger charge is 2.32. The number of carbonyl (C=O) groups is 4. The van der Waals surface area contributed by atoms with Crippen molar-refractivity contribution in [2.75, 3.05) is 19.6 Å². The largest absolute Gasteiger partial charge is 0.444 e. The highest BCUT2D eigenvalue weighted by molar-refractivity contribution is 6.00. The normalized spacial score (nSPS) is 18.7. The van der Waals surface area contributed by atoms with Crippen molar-refractivity contribution >= 4 is 42.4 Å². The van der Waals surface area contributed by atoms with E-state index in [0.717, 1.165) is 24.1 Å². The first-order chi connectivity index (χ1) is 19.0. The van der Waals surface area contributed by atoms with Crippen LogP contribution in [0.5, 0.6) is 0 Å². The number of halogens is 1. The summed E-state index contributed by atoms with van der Waals surface area (Å²) in [6.07, 6.45) is 1.02. The molecule has 1 unspecified atom stereocenters. The van der Waals surface area contributed by atoms with E-state index in [9.17, 15) is 19.2 Å². The summed E-state index contributed by atoms with van der Waals surface area (Å²) < 4.78 is 10.6. The zero-order valence-corrected chi connectivity index (χ0v) is 22.9. The van der Waals surface area contributed by atoms with E-state index in [1.165, 1.54) is 0 Å². The fourth-order valence-corrected chi connectivity index (χ4v) is 4.47. The van der Waals surface area contributed by atoms with Crippen molar-refractivity contribution in [2.24, 2.45) is 10.9 Å². The van der Waals surface area contributed by atoms with Crippen LogP contribution < -0.4 is 16.0 Å². The van der Waals surface area contributed by atoms with Crippen molar-refractivity contribution < 1.29 is 28.7 Å². The van der Waals surface area contributed by atoms with Gasteiger partial charge in [0.25, 0.3) is 0 Å². The van der Waals surface area contributed by atoms with Crippen LogP contribution in [0.1, 0.15) is 36.8 Å². The molecule has 0 aromatic heterocycles. The van der Waals surface area contributed by atoms with Gasteiger partial charge in [-0.05, 0) is 43.4 Å². The molecule has 0 bridgehead atoms. The Hall–Kier alpha value is -3.96. The van der Waals surface area contributed by atoms with Gasteiger partial charge in [0.15, 0.2) is 0 Å². The standard InChI is InChI=1S/C28H33N5O6.ClH/c34-24(30-25(35)23-14-7-15-29-23)22-13-8-16-33(17-22)26(31-27(36)38-18-20-9-3-1-4-10-20)32-28(37)39-19-21-11-5-2-6-12-21;/h1-6,9-12,22-23,29H,7-8,13-19H2,(H,30,34,35)(H,31,32,36,37);1H/t22?,23-;/m0./s1. The van der Waals surface area contributed by atoms with E-state index in [2.05, 4.69) is 20.9 Å². The van der Waals surface area contributed by atoms with Crippen molar-refractivity contribution in [3.8, 4) is 0 Å². The van der Waals surface area contributed by atoms with Crippen LogP contribution >= 0.6 is 12.4 Å². The molecule has 12 heteroatoms.